The first-order valence-electron chi connectivity index (χ1n) is 12.1. The molecule has 3 aliphatic rings. The van der Waals surface area contributed by atoms with Crippen molar-refractivity contribution in [3.8, 4) is 5.75 Å². The van der Waals surface area contributed by atoms with Crippen molar-refractivity contribution in [2.24, 2.45) is 35.1 Å². The molecule has 2 fully saturated rings. The van der Waals surface area contributed by atoms with Crippen LogP contribution in [0.4, 0.5) is 10.5 Å². The van der Waals surface area contributed by atoms with Crippen LogP contribution in [0.15, 0.2) is 6.07 Å². The van der Waals surface area contributed by atoms with Gasteiger partial charge in [-0.1, -0.05) is 0 Å². The number of aromatic hydroxyl groups is 1. The number of amides is 3. The number of ketones is 4. The van der Waals surface area contributed by atoms with Crippen molar-refractivity contribution in [2.45, 2.75) is 31.0 Å². The molecule has 0 radical (unpaired) electrons. The Balaban J connectivity index is 1.88. The van der Waals surface area contributed by atoms with E-state index in [9.17, 15) is 39.0 Å². The Kier molecular flexibility index (Phi) is 6.56. The summed E-state index contributed by atoms with van der Waals surface area (Å²) in [4.78, 5) is 80.7. The summed E-state index contributed by atoms with van der Waals surface area (Å²) in [6, 6.07) is -0.409. The van der Waals surface area contributed by atoms with E-state index in [1.807, 2.05) is 0 Å². The summed E-state index contributed by atoms with van der Waals surface area (Å²) < 4.78 is 0. The third-order valence-corrected chi connectivity index (χ3v) is 8.05. The Hall–Kier alpha value is -3.84. The normalized spacial score (nSPS) is 30.4. The Labute approximate surface area is 218 Å². The number of rotatable bonds is 5. The number of carbonyl (C=O) groups excluding carboxylic acids is 6. The van der Waals surface area contributed by atoms with Gasteiger partial charge in [-0.3, -0.25) is 28.9 Å². The number of fused-ring (bicyclic) bond motifs is 3. The quantitative estimate of drug-likeness (QED) is 0.267. The number of Topliss-reactive ketones (excluding diaryl/α,β-unsaturated/α-hetero) is 4. The SMILES string of the molecule is CN(C)c1cc(CNC(N)=O)c(O)c2c1C[C@@H]1C[C@@H]3[C@@H](N(C)C)C(=O)C(C(N)=O)C(=O)[C@]3(O)C(=O)C1C2=O. The lowest BCUT2D eigenvalue weighted by Crippen LogP contribution is -2.74. The first kappa shape index (κ1) is 27.2. The molecule has 2 unspecified atom stereocenters. The molecule has 0 aromatic heterocycles. The molecule has 0 spiro atoms. The smallest absolute Gasteiger partial charge is 0.312 e. The average molecular weight is 530 g/mol. The Morgan fingerprint density at radius 1 is 1.11 bits per heavy atom. The molecule has 0 bridgehead atoms. The molecule has 4 rings (SSSR count). The highest BCUT2D eigenvalue weighted by Crippen LogP contribution is 2.52. The van der Waals surface area contributed by atoms with Gasteiger partial charge in [0, 0.05) is 37.8 Å². The second-order valence-corrected chi connectivity index (χ2v) is 10.7. The summed E-state index contributed by atoms with van der Waals surface area (Å²) in [5.41, 5.74) is 8.74. The summed E-state index contributed by atoms with van der Waals surface area (Å²) in [6.07, 6.45) is 0.0962. The molecule has 1 aromatic rings. The number of aliphatic hydroxyl groups is 1. The minimum atomic E-state index is -2.79. The summed E-state index contributed by atoms with van der Waals surface area (Å²) in [6.45, 7) is -0.192. The molecule has 2 saturated carbocycles. The molecule has 6 atom stereocenters. The first-order valence-corrected chi connectivity index (χ1v) is 12.1. The van der Waals surface area contributed by atoms with Crippen molar-refractivity contribution < 1.29 is 39.0 Å². The van der Waals surface area contributed by atoms with Crippen molar-refractivity contribution in [3.05, 3.63) is 22.8 Å². The van der Waals surface area contributed by atoms with Gasteiger partial charge in [0.25, 0.3) is 0 Å². The lowest BCUT2D eigenvalue weighted by atomic mass is 9.52. The van der Waals surface area contributed by atoms with Crippen LogP contribution in [0.1, 0.15) is 27.9 Å². The van der Waals surface area contributed by atoms with Gasteiger partial charge in [0.15, 0.2) is 34.7 Å². The fourth-order valence-electron chi connectivity index (χ4n) is 6.42. The minimum absolute atomic E-state index is 0.0392. The first-order chi connectivity index (χ1) is 17.6. The Bertz CT molecular complexity index is 1290. The van der Waals surface area contributed by atoms with Crippen LogP contribution in [0.25, 0.3) is 0 Å². The second-order valence-electron chi connectivity index (χ2n) is 10.7. The molecule has 0 heterocycles. The van der Waals surface area contributed by atoms with Crippen LogP contribution < -0.4 is 21.7 Å². The zero-order valence-corrected chi connectivity index (χ0v) is 21.5. The fourth-order valence-corrected chi connectivity index (χ4v) is 6.42. The van der Waals surface area contributed by atoms with Crippen LogP contribution in [0.3, 0.4) is 0 Å². The van der Waals surface area contributed by atoms with Crippen molar-refractivity contribution >= 4 is 40.8 Å². The van der Waals surface area contributed by atoms with E-state index in [1.54, 1.807) is 25.1 Å². The zero-order valence-electron chi connectivity index (χ0n) is 21.5. The monoisotopic (exact) mass is 529 g/mol. The number of hydrogen-bond acceptors (Lipinski definition) is 10. The van der Waals surface area contributed by atoms with E-state index in [4.69, 9.17) is 11.5 Å². The molecular weight excluding hydrogens is 498 g/mol. The molecule has 0 aliphatic heterocycles. The number of phenols is 1. The molecule has 0 saturated heterocycles. The third-order valence-electron chi connectivity index (χ3n) is 8.05. The number of anilines is 1. The van der Waals surface area contributed by atoms with Crippen LogP contribution in [0.5, 0.6) is 5.75 Å². The third kappa shape index (κ3) is 3.76. The van der Waals surface area contributed by atoms with Gasteiger partial charge in [-0.25, -0.2) is 4.79 Å². The minimum Gasteiger partial charge on any atom is -0.507 e. The van der Waals surface area contributed by atoms with Crippen LogP contribution in [0, 0.1) is 23.7 Å². The van der Waals surface area contributed by atoms with Crippen molar-refractivity contribution in [3.63, 3.8) is 0 Å². The fraction of sp³-hybridized carbons (Fsp3) is 0.520. The number of nitrogens with one attached hydrogen (secondary N) is 1. The van der Waals surface area contributed by atoms with Crippen LogP contribution >= 0.6 is 0 Å². The predicted octanol–water partition coefficient (Wildman–Crippen LogP) is -1.90. The lowest BCUT2D eigenvalue weighted by molar-refractivity contribution is -0.181. The zero-order chi connectivity index (χ0) is 28.4. The summed E-state index contributed by atoms with van der Waals surface area (Å²) >= 11 is 0. The second kappa shape index (κ2) is 9.17. The van der Waals surface area contributed by atoms with Crippen molar-refractivity contribution in [1.82, 2.24) is 10.2 Å². The van der Waals surface area contributed by atoms with Gasteiger partial charge in [-0.05, 0) is 44.5 Å². The van der Waals surface area contributed by atoms with Gasteiger partial charge < -0.3 is 31.9 Å². The van der Waals surface area contributed by atoms with Crippen LogP contribution in [0.2, 0.25) is 0 Å². The van der Waals surface area contributed by atoms with E-state index >= 15 is 0 Å². The molecule has 13 nitrogen and oxygen atoms in total. The number of nitrogens with zero attached hydrogens (tertiary/aromatic N) is 2. The van der Waals surface area contributed by atoms with Crippen LogP contribution in [-0.2, 0) is 32.1 Å². The number of carbonyl (C=O) groups is 6. The van der Waals surface area contributed by atoms with Gasteiger partial charge in [-0.15, -0.1) is 0 Å². The van der Waals surface area contributed by atoms with Gasteiger partial charge in [0.1, 0.15) is 5.75 Å². The maximum atomic E-state index is 13.9. The molecule has 1 aromatic carbocycles. The van der Waals surface area contributed by atoms with Gasteiger partial charge >= 0.3 is 6.03 Å². The van der Waals surface area contributed by atoms with Gasteiger partial charge in [0.2, 0.25) is 5.91 Å². The van der Waals surface area contributed by atoms with Crippen molar-refractivity contribution in [2.75, 3.05) is 33.1 Å². The average Bonchev–Trinajstić information content (AvgIpc) is 2.80. The molecule has 38 heavy (non-hydrogen) atoms. The van der Waals surface area contributed by atoms with E-state index < -0.39 is 76.1 Å². The van der Waals surface area contributed by atoms with Crippen LogP contribution in [-0.4, -0.2) is 90.0 Å². The van der Waals surface area contributed by atoms with Gasteiger partial charge in [0.05, 0.1) is 17.5 Å². The number of likely N-dealkylation sites (N-methyl/N-ethyl adjacent to an activating group) is 1. The molecular formula is C25H31N5O8. The molecule has 13 heteroatoms. The number of hydrogen-bond donors (Lipinski definition) is 5. The van der Waals surface area contributed by atoms with Crippen molar-refractivity contribution in [1.29, 1.82) is 0 Å². The topological polar surface area (TPSA) is 213 Å². The molecule has 3 aliphatic carbocycles. The number of benzene rings is 1. The lowest BCUT2D eigenvalue weighted by Gasteiger charge is -2.52. The number of nitrogens with two attached hydrogens (primary N) is 2. The molecule has 204 valence electrons. The highest BCUT2D eigenvalue weighted by molar-refractivity contribution is 6.32. The highest BCUT2D eigenvalue weighted by atomic mass is 16.3. The summed E-state index contributed by atoms with van der Waals surface area (Å²) in [7, 11) is 6.50. The molecule has 3 amide bonds. The predicted molar refractivity (Wildman–Crippen MR) is 132 cm³/mol. The maximum Gasteiger partial charge on any atom is 0.312 e. The maximum absolute atomic E-state index is 13.9. The van der Waals surface area contributed by atoms with E-state index in [2.05, 4.69) is 5.32 Å². The largest absolute Gasteiger partial charge is 0.507 e. The van der Waals surface area contributed by atoms with E-state index in [1.165, 1.54) is 19.0 Å². The Morgan fingerprint density at radius 3 is 2.26 bits per heavy atom. The van der Waals surface area contributed by atoms with Gasteiger partial charge in [-0.2, -0.15) is 0 Å². The number of urea groups is 1. The van der Waals surface area contributed by atoms with E-state index in [-0.39, 0.29) is 30.5 Å². The summed E-state index contributed by atoms with van der Waals surface area (Å²) in [5.74, 6) is -11.2. The Morgan fingerprint density at radius 2 is 1.74 bits per heavy atom. The summed E-state index contributed by atoms with van der Waals surface area (Å²) in [5, 5.41) is 25.0. The standard InChI is InChI=1S/C25H31N5O8/c1-29(2)13-7-10(8-28-24(27)37)18(31)15-11(13)5-9-6-12-17(30(3)4)20(33)16(23(26)36)22(35)25(12,38)21(34)14(9)19(15)32/h7,9,12,14,16-17,31,38H,5-6,8H2,1-4H3,(H2,26,36)(H3,27,28,37)/t9-,12-,14?,16?,17-,25-/m1/s1. The van der Waals surface area contributed by atoms with E-state index in [0.29, 0.717) is 11.3 Å². The number of primary amides is 2. The molecule has 7 N–H and O–H groups in total. The number of phenolic OH excluding ortho intramolecular Hbond substituents is 1. The highest BCUT2D eigenvalue weighted by Gasteiger charge is 2.69. The van der Waals surface area contributed by atoms with E-state index in [0.717, 1.165) is 0 Å².